The lowest BCUT2D eigenvalue weighted by molar-refractivity contribution is -0.141. The molecule has 4 rings (SSSR count). The van der Waals surface area contributed by atoms with Gasteiger partial charge in [-0.1, -0.05) is 23.4 Å². The maximum absolute atomic E-state index is 11.5. The Labute approximate surface area is 140 Å². The summed E-state index contributed by atoms with van der Waals surface area (Å²) >= 11 is 0. The summed E-state index contributed by atoms with van der Waals surface area (Å²) in [5.74, 6) is -0.146. The van der Waals surface area contributed by atoms with Crippen LogP contribution in [0.2, 0.25) is 0 Å². The fourth-order valence-electron chi connectivity index (χ4n) is 3.55. The first-order chi connectivity index (χ1) is 11.7. The number of anilines is 1. The molecule has 0 saturated heterocycles. The van der Waals surface area contributed by atoms with Crippen LogP contribution in [0.3, 0.4) is 0 Å². The van der Waals surface area contributed by atoms with Crippen molar-refractivity contribution < 1.29 is 19.2 Å². The highest BCUT2D eigenvalue weighted by Gasteiger charge is 2.28. The Balaban J connectivity index is 1.63. The zero-order valence-corrected chi connectivity index (χ0v) is 13.4. The smallest absolute Gasteiger partial charge is 0.306 e. The van der Waals surface area contributed by atoms with E-state index in [4.69, 9.17) is 9.26 Å². The SMILES string of the molecule is O=C(O)C1CCN(Cc2noc3c2COCC3)c2ccccc2C1. The number of ether oxygens (including phenoxy) is 1. The monoisotopic (exact) mass is 328 g/mol. The van der Waals surface area contributed by atoms with E-state index in [1.54, 1.807) is 0 Å². The Morgan fingerprint density at radius 1 is 1.38 bits per heavy atom. The molecule has 0 bridgehead atoms. The third-order valence-corrected chi connectivity index (χ3v) is 4.91. The fraction of sp³-hybridized carbons (Fsp3) is 0.444. The molecule has 126 valence electrons. The van der Waals surface area contributed by atoms with E-state index in [1.807, 2.05) is 18.2 Å². The molecule has 0 amide bonds. The van der Waals surface area contributed by atoms with Gasteiger partial charge in [0.1, 0.15) is 11.5 Å². The number of aromatic nitrogens is 1. The average Bonchev–Trinajstić information content (AvgIpc) is 2.90. The zero-order valence-electron chi connectivity index (χ0n) is 13.4. The van der Waals surface area contributed by atoms with Crippen LogP contribution in [0.5, 0.6) is 0 Å². The second kappa shape index (κ2) is 6.28. The van der Waals surface area contributed by atoms with Gasteiger partial charge >= 0.3 is 5.97 Å². The molecule has 6 nitrogen and oxygen atoms in total. The number of carbonyl (C=O) groups is 1. The van der Waals surface area contributed by atoms with E-state index >= 15 is 0 Å². The van der Waals surface area contributed by atoms with Crippen LogP contribution in [0.1, 0.15) is 29.0 Å². The van der Waals surface area contributed by atoms with Crippen molar-refractivity contribution in [1.82, 2.24) is 5.16 Å². The minimum Gasteiger partial charge on any atom is -0.481 e. The Morgan fingerprint density at radius 2 is 2.25 bits per heavy atom. The number of carboxylic acids is 1. The highest BCUT2D eigenvalue weighted by molar-refractivity contribution is 5.72. The minimum absolute atomic E-state index is 0.342. The third-order valence-electron chi connectivity index (χ3n) is 4.91. The van der Waals surface area contributed by atoms with Gasteiger partial charge in [0.25, 0.3) is 0 Å². The summed E-state index contributed by atoms with van der Waals surface area (Å²) in [5.41, 5.74) is 4.12. The molecular weight excluding hydrogens is 308 g/mol. The van der Waals surface area contributed by atoms with Crippen LogP contribution >= 0.6 is 0 Å². The first-order valence-corrected chi connectivity index (χ1v) is 8.32. The van der Waals surface area contributed by atoms with Gasteiger partial charge in [-0.3, -0.25) is 4.79 Å². The lowest BCUT2D eigenvalue weighted by Crippen LogP contribution is -2.26. The summed E-state index contributed by atoms with van der Waals surface area (Å²) in [6, 6.07) is 8.04. The standard InChI is InChI=1S/C18H20N2O4/c21-18(22)13-5-7-20(16-4-2-1-3-12(16)9-13)10-15-14-11-23-8-6-17(14)24-19-15/h1-4,13H,5-11H2,(H,21,22). The van der Waals surface area contributed by atoms with Crippen LogP contribution in [-0.2, 0) is 35.5 Å². The number of hydrogen-bond acceptors (Lipinski definition) is 5. The molecule has 0 aliphatic carbocycles. The third kappa shape index (κ3) is 2.78. The van der Waals surface area contributed by atoms with Crippen LogP contribution in [0, 0.1) is 5.92 Å². The van der Waals surface area contributed by atoms with Crippen LogP contribution in [-0.4, -0.2) is 29.4 Å². The van der Waals surface area contributed by atoms with E-state index in [-0.39, 0.29) is 5.92 Å². The number of fused-ring (bicyclic) bond motifs is 2. The van der Waals surface area contributed by atoms with E-state index in [0.717, 1.165) is 34.7 Å². The van der Waals surface area contributed by atoms with Gasteiger partial charge in [0.05, 0.1) is 25.7 Å². The summed E-state index contributed by atoms with van der Waals surface area (Å²) in [6.07, 6.45) is 1.96. The lowest BCUT2D eigenvalue weighted by atomic mass is 9.97. The number of hydrogen-bond donors (Lipinski definition) is 1. The maximum Gasteiger partial charge on any atom is 0.306 e. The van der Waals surface area contributed by atoms with Gasteiger partial charge in [0, 0.05) is 24.2 Å². The van der Waals surface area contributed by atoms with Gasteiger partial charge in [-0.25, -0.2) is 0 Å². The van der Waals surface area contributed by atoms with Crippen molar-refractivity contribution in [3.8, 4) is 0 Å². The molecule has 3 heterocycles. The van der Waals surface area contributed by atoms with Gasteiger partial charge in [0.15, 0.2) is 0 Å². The second-order valence-electron chi connectivity index (χ2n) is 6.41. The molecule has 6 heteroatoms. The van der Waals surface area contributed by atoms with E-state index in [9.17, 15) is 9.90 Å². The number of nitrogens with zero attached hydrogens (tertiary/aromatic N) is 2. The van der Waals surface area contributed by atoms with Gasteiger partial charge in [0.2, 0.25) is 0 Å². The fourth-order valence-corrected chi connectivity index (χ4v) is 3.55. The van der Waals surface area contributed by atoms with E-state index in [1.165, 1.54) is 0 Å². The predicted octanol–water partition coefficient (Wildman–Crippen LogP) is 2.40. The van der Waals surface area contributed by atoms with Crippen molar-refractivity contribution in [3.63, 3.8) is 0 Å². The zero-order chi connectivity index (χ0) is 16.5. The Hall–Kier alpha value is -2.34. The summed E-state index contributed by atoms with van der Waals surface area (Å²) in [5, 5.41) is 13.7. The number of rotatable bonds is 3. The van der Waals surface area contributed by atoms with Crippen LogP contribution in [0.4, 0.5) is 5.69 Å². The summed E-state index contributed by atoms with van der Waals surface area (Å²) in [4.78, 5) is 13.7. The van der Waals surface area contributed by atoms with Crippen molar-refractivity contribution in [3.05, 3.63) is 46.8 Å². The molecule has 1 atom stereocenters. The minimum atomic E-state index is -0.723. The molecule has 1 aromatic carbocycles. The number of aliphatic carboxylic acids is 1. The molecule has 24 heavy (non-hydrogen) atoms. The van der Waals surface area contributed by atoms with Crippen molar-refractivity contribution in [2.45, 2.75) is 32.4 Å². The van der Waals surface area contributed by atoms with Gasteiger partial charge in [-0.05, 0) is 24.5 Å². The highest BCUT2D eigenvalue weighted by Crippen LogP contribution is 2.31. The van der Waals surface area contributed by atoms with E-state index < -0.39 is 5.97 Å². The van der Waals surface area contributed by atoms with Crippen molar-refractivity contribution in [1.29, 1.82) is 0 Å². The molecule has 2 aromatic rings. The summed E-state index contributed by atoms with van der Waals surface area (Å²) < 4.78 is 11.0. The van der Waals surface area contributed by atoms with Crippen molar-refractivity contribution in [2.24, 2.45) is 5.92 Å². The van der Waals surface area contributed by atoms with Crippen LogP contribution in [0.15, 0.2) is 28.8 Å². The lowest BCUT2D eigenvalue weighted by Gasteiger charge is -2.24. The molecule has 0 spiro atoms. The quantitative estimate of drug-likeness (QED) is 0.932. The largest absolute Gasteiger partial charge is 0.481 e. The second-order valence-corrected chi connectivity index (χ2v) is 6.41. The Kier molecular flexibility index (Phi) is 3.98. The first kappa shape index (κ1) is 15.2. The number of carboxylic acid groups (broad SMARTS) is 1. The molecular formula is C18H20N2O4. The summed E-state index contributed by atoms with van der Waals surface area (Å²) in [6.45, 7) is 2.53. The molecule has 0 saturated carbocycles. The van der Waals surface area contributed by atoms with Gasteiger partial charge in [-0.15, -0.1) is 0 Å². The molecule has 0 fully saturated rings. The normalized spacial score (nSPS) is 20.2. The van der Waals surface area contributed by atoms with Crippen LogP contribution in [0.25, 0.3) is 0 Å². The molecule has 1 aromatic heterocycles. The molecule has 2 aliphatic heterocycles. The summed E-state index contributed by atoms with van der Waals surface area (Å²) in [7, 11) is 0. The molecule has 1 unspecified atom stereocenters. The number of para-hydroxylation sites is 1. The molecule has 2 aliphatic rings. The predicted molar refractivity (Wildman–Crippen MR) is 86.8 cm³/mol. The maximum atomic E-state index is 11.5. The highest BCUT2D eigenvalue weighted by atomic mass is 16.5. The Morgan fingerprint density at radius 3 is 3.12 bits per heavy atom. The topological polar surface area (TPSA) is 75.8 Å². The average molecular weight is 328 g/mol. The molecule has 1 N–H and O–H groups in total. The molecule has 0 radical (unpaired) electrons. The van der Waals surface area contributed by atoms with E-state index in [0.29, 0.717) is 39.1 Å². The van der Waals surface area contributed by atoms with Crippen LogP contribution < -0.4 is 4.90 Å². The van der Waals surface area contributed by atoms with Crippen molar-refractivity contribution >= 4 is 11.7 Å². The van der Waals surface area contributed by atoms with Crippen molar-refractivity contribution in [2.75, 3.05) is 18.1 Å². The Bertz CT molecular complexity index is 755. The van der Waals surface area contributed by atoms with Gasteiger partial charge in [-0.2, -0.15) is 0 Å². The van der Waals surface area contributed by atoms with Gasteiger partial charge < -0.3 is 19.3 Å². The van der Waals surface area contributed by atoms with E-state index in [2.05, 4.69) is 16.1 Å². The first-order valence-electron chi connectivity index (χ1n) is 8.32. The number of benzene rings is 1.